The summed E-state index contributed by atoms with van der Waals surface area (Å²) < 4.78 is 5.86. The number of carbonyl (C=O) groups excluding carboxylic acids is 1. The van der Waals surface area contributed by atoms with Gasteiger partial charge in [0, 0.05) is 10.7 Å². The molecule has 0 aliphatic carbocycles. The highest BCUT2D eigenvalue weighted by atomic mass is 35.5. The molecular weight excluding hydrogens is 322 g/mol. The van der Waals surface area contributed by atoms with Gasteiger partial charge in [-0.05, 0) is 54.7 Å². The molecule has 0 fully saturated rings. The van der Waals surface area contributed by atoms with E-state index in [2.05, 4.69) is 19.2 Å². The molecule has 2 aromatic rings. The van der Waals surface area contributed by atoms with Gasteiger partial charge in [-0.25, -0.2) is 0 Å². The number of ether oxygens (including phenoxy) is 1. The second kappa shape index (κ2) is 8.20. The topological polar surface area (TPSA) is 38.3 Å². The van der Waals surface area contributed by atoms with E-state index in [0.29, 0.717) is 23.1 Å². The monoisotopic (exact) mass is 345 g/mol. The fraction of sp³-hybridized carbons (Fsp3) is 0.350. The molecule has 3 nitrogen and oxygen atoms in total. The van der Waals surface area contributed by atoms with Gasteiger partial charge in [0.2, 0.25) is 0 Å². The van der Waals surface area contributed by atoms with Gasteiger partial charge in [-0.15, -0.1) is 0 Å². The normalized spacial score (nSPS) is 12.1. The second-order valence-corrected chi connectivity index (χ2v) is 6.56. The number of anilines is 1. The Kier molecular flexibility index (Phi) is 6.27. The molecule has 0 saturated carbocycles. The molecule has 0 radical (unpaired) electrons. The van der Waals surface area contributed by atoms with Crippen molar-refractivity contribution in [2.45, 2.75) is 46.1 Å². The van der Waals surface area contributed by atoms with Gasteiger partial charge in [0.05, 0.1) is 0 Å². The van der Waals surface area contributed by atoms with Crippen molar-refractivity contribution in [3.63, 3.8) is 0 Å². The molecule has 0 bridgehead atoms. The molecule has 2 aromatic carbocycles. The van der Waals surface area contributed by atoms with Gasteiger partial charge in [0.25, 0.3) is 5.91 Å². The maximum atomic E-state index is 12.6. The minimum atomic E-state index is -0.550. The van der Waals surface area contributed by atoms with Crippen molar-refractivity contribution in [1.29, 1.82) is 0 Å². The standard InChI is InChI=1S/C20H24ClNO2/c1-5-19(24-15-10-11-17(21)14(4)12-15)20(23)22-18-9-7-6-8-16(18)13(2)3/h6-13,19H,5H2,1-4H3,(H,22,23)/t19-/m0/s1. The fourth-order valence-corrected chi connectivity index (χ4v) is 2.62. The highest BCUT2D eigenvalue weighted by molar-refractivity contribution is 6.31. The summed E-state index contributed by atoms with van der Waals surface area (Å²) in [5.41, 5.74) is 2.88. The molecule has 1 N–H and O–H groups in total. The number of halogens is 1. The molecule has 1 amide bonds. The molecule has 0 aliphatic rings. The van der Waals surface area contributed by atoms with Gasteiger partial charge in [-0.2, -0.15) is 0 Å². The van der Waals surface area contributed by atoms with E-state index in [-0.39, 0.29) is 5.91 Å². The minimum Gasteiger partial charge on any atom is -0.481 e. The van der Waals surface area contributed by atoms with Crippen LogP contribution in [0.5, 0.6) is 5.75 Å². The predicted octanol–water partition coefficient (Wildman–Crippen LogP) is 5.57. The largest absolute Gasteiger partial charge is 0.481 e. The molecule has 0 aromatic heterocycles. The SMILES string of the molecule is CC[C@H](Oc1ccc(Cl)c(C)c1)C(=O)Nc1ccccc1C(C)C. The zero-order chi connectivity index (χ0) is 17.7. The summed E-state index contributed by atoms with van der Waals surface area (Å²) in [4.78, 5) is 12.6. The summed E-state index contributed by atoms with van der Waals surface area (Å²) in [5, 5.41) is 3.68. The Balaban J connectivity index is 2.13. The number of hydrogen-bond donors (Lipinski definition) is 1. The lowest BCUT2D eigenvalue weighted by Gasteiger charge is -2.20. The Hall–Kier alpha value is -2.00. The van der Waals surface area contributed by atoms with Crippen molar-refractivity contribution in [3.8, 4) is 5.75 Å². The van der Waals surface area contributed by atoms with Gasteiger partial charge < -0.3 is 10.1 Å². The van der Waals surface area contributed by atoms with E-state index in [0.717, 1.165) is 16.8 Å². The van der Waals surface area contributed by atoms with Crippen LogP contribution in [0.3, 0.4) is 0 Å². The molecule has 128 valence electrons. The average molecular weight is 346 g/mol. The first kappa shape index (κ1) is 18.3. The first-order valence-corrected chi connectivity index (χ1v) is 8.62. The van der Waals surface area contributed by atoms with Crippen LogP contribution in [-0.2, 0) is 4.79 Å². The van der Waals surface area contributed by atoms with Crippen LogP contribution >= 0.6 is 11.6 Å². The Morgan fingerprint density at radius 2 is 1.92 bits per heavy atom. The summed E-state index contributed by atoms with van der Waals surface area (Å²) in [6.07, 6.45) is 0.0305. The quantitative estimate of drug-likeness (QED) is 0.743. The number of hydrogen-bond acceptors (Lipinski definition) is 2. The summed E-state index contributed by atoms with van der Waals surface area (Å²) in [6.45, 7) is 8.06. The van der Waals surface area contributed by atoms with Crippen LogP contribution in [0.25, 0.3) is 0 Å². The summed E-state index contributed by atoms with van der Waals surface area (Å²) in [6, 6.07) is 13.3. The molecule has 24 heavy (non-hydrogen) atoms. The van der Waals surface area contributed by atoms with Crippen molar-refractivity contribution in [1.82, 2.24) is 0 Å². The molecule has 0 saturated heterocycles. The van der Waals surface area contributed by atoms with Crippen LogP contribution < -0.4 is 10.1 Å². The smallest absolute Gasteiger partial charge is 0.265 e. The molecule has 0 spiro atoms. The molecule has 0 unspecified atom stereocenters. The van der Waals surface area contributed by atoms with Crippen molar-refractivity contribution in [2.24, 2.45) is 0 Å². The van der Waals surface area contributed by atoms with E-state index in [1.54, 1.807) is 12.1 Å². The maximum absolute atomic E-state index is 12.6. The van der Waals surface area contributed by atoms with Gasteiger partial charge in [0.15, 0.2) is 6.10 Å². The zero-order valence-electron chi connectivity index (χ0n) is 14.6. The number of nitrogens with one attached hydrogen (secondary N) is 1. The molecule has 0 aliphatic heterocycles. The third-order valence-electron chi connectivity index (χ3n) is 3.91. The lowest BCUT2D eigenvalue weighted by molar-refractivity contribution is -0.122. The van der Waals surface area contributed by atoms with Crippen molar-refractivity contribution < 1.29 is 9.53 Å². The summed E-state index contributed by atoms with van der Waals surface area (Å²) in [7, 11) is 0. The minimum absolute atomic E-state index is 0.141. The third-order valence-corrected chi connectivity index (χ3v) is 4.34. The number of aryl methyl sites for hydroxylation is 1. The maximum Gasteiger partial charge on any atom is 0.265 e. The summed E-state index contributed by atoms with van der Waals surface area (Å²) >= 11 is 6.03. The van der Waals surface area contributed by atoms with Gasteiger partial charge >= 0.3 is 0 Å². The molecular formula is C20H24ClNO2. The Bertz CT molecular complexity index is 713. The number of rotatable bonds is 6. The Morgan fingerprint density at radius 1 is 1.21 bits per heavy atom. The van der Waals surface area contributed by atoms with Gasteiger partial charge in [0.1, 0.15) is 5.75 Å². The number of amides is 1. The Morgan fingerprint density at radius 3 is 2.54 bits per heavy atom. The van der Waals surface area contributed by atoms with E-state index in [9.17, 15) is 4.79 Å². The second-order valence-electron chi connectivity index (χ2n) is 6.16. The van der Waals surface area contributed by atoms with Crippen LogP contribution in [-0.4, -0.2) is 12.0 Å². The van der Waals surface area contributed by atoms with E-state index in [1.165, 1.54) is 0 Å². The molecule has 1 atom stereocenters. The third kappa shape index (κ3) is 4.51. The Labute approximate surface area is 149 Å². The van der Waals surface area contributed by atoms with E-state index < -0.39 is 6.10 Å². The lowest BCUT2D eigenvalue weighted by Crippen LogP contribution is -2.32. The van der Waals surface area contributed by atoms with Crippen LogP contribution in [0.4, 0.5) is 5.69 Å². The van der Waals surface area contributed by atoms with Crippen LogP contribution in [0, 0.1) is 6.92 Å². The molecule has 2 rings (SSSR count). The average Bonchev–Trinajstić information content (AvgIpc) is 2.56. The summed E-state index contributed by atoms with van der Waals surface area (Å²) in [5.74, 6) is 0.843. The first-order chi connectivity index (χ1) is 11.4. The highest BCUT2D eigenvalue weighted by Crippen LogP contribution is 2.25. The molecule has 4 heteroatoms. The lowest BCUT2D eigenvalue weighted by atomic mass is 10.0. The van der Waals surface area contributed by atoms with Crippen molar-refractivity contribution >= 4 is 23.2 Å². The van der Waals surface area contributed by atoms with E-state index >= 15 is 0 Å². The predicted molar refractivity (Wildman–Crippen MR) is 100 cm³/mol. The zero-order valence-corrected chi connectivity index (χ0v) is 15.4. The molecule has 0 heterocycles. The van der Waals surface area contributed by atoms with Gasteiger partial charge in [-0.3, -0.25) is 4.79 Å². The number of benzene rings is 2. The van der Waals surface area contributed by atoms with Crippen molar-refractivity contribution in [2.75, 3.05) is 5.32 Å². The van der Waals surface area contributed by atoms with Gasteiger partial charge in [-0.1, -0.05) is 50.6 Å². The number of para-hydroxylation sites is 1. The number of carbonyl (C=O) groups is 1. The van der Waals surface area contributed by atoms with Crippen molar-refractivity contribution in [3.05, 3.63) is 58.6 Å². The van der Waals surface area contributed by atoms with E-state index in [4.69, 9.17) is 16.3 Å². The van der Waals surface area contributed by atoms with E-state index in [1.807, 2.05) is 44.2 Å². The fourth-order valence-electron chi connectivity index (χ4n) is 2.50. The van der Waals surface area contributed by atoms with Crippen LogP contribution in [0.2, 0.25) is 5.02 Å². The highest BCUT2D eigenvalue weighted by Gasteiger charge is 2.20. The van der Waals surface area contributed by atoms with Crippen LogP contribution in [0.15, 0.2) is 42.5 Å². The first-order valence-electron chi connectivity index (χ1n) is 8.25. The van der Waals surface area contributed by atoms with Crippen LogP contribution in [0.1, 0.15) is 44.2 Å².